The van der Waals surface area contributed by atoms with Gasteiger partial charge in [0.2, 0.25) is 5.96 Å². The molecule has 0 aliphatic carbocycles. The first kappa shape index (κ1) is 13.6. The van der Waals surface area contributed by atoms with Crippen molar-refractivity contribution in [3.05, 3.63) is 0 Å². The third kappa shape index (κ3) is 17.8. The van der Waals surface area contributed by atoms with Gasteiger partial charge in [-0.15, -0.1) is 0 Å². The van der Waals surface area contributed by atoms with Crippen LogP contribution in [-0.2, 0) is 0 Å². The van der Waals surface area contributed by atoms with Crippen molar-refractivity contribution in [2.45, 2.75) is 0 Å². The molecule has 0 radical (unpaired) electrons. The lowest BCUT2D eigenvalue weighted by atomic mass is 10.8. The molecule has 0 fully saturated rings. The topological polar surface area (TPSA) is 167 Å². The predicted octanol–water partition coefficient (Wildman–Crippen LogP) is -2.41. The first-order valence-corrected chi connectivity index (χ1v) is 3.22. The van der Waals surface area contributed by atoms with E-state index in [1.165, 1.54) is 0 Å². The normalized spacial score (nSPS) is 9.54. The van der Waals surface area contributed by atoms with Crippen molar-refractivity contribution in [2.24, 2.45) is 27.9 Å². The summed E-state index contributed by atoms with van der Waals surface area (Å²) < 4.78 is 0. The van der Waals surface area contributed by atoms with Crippen LogP contribution in [0.15, 0.2) is 4.99 Å². The highest BCUT2D eigenvalue weighted by atomic mass is 15.2. The van der Waals surface area contributed by atoms with Gasteiger partial charge in [0, 0.05) is 14.1 Å². The molecule has 8 heteroatoms. The lowest BCUT2D eigenvalue weighted by Gasteiger charge is -2.08. The van der Waals surface area contributed by atoms with Crippen molar-refractivity contribution in [3.63, 3.8) is 0 Å². The van der Waals surface area contributed by atoms with E-state index in [2.05, 4.69) is 16.5 Å². The molecule has 0 amide bonds. The van der Waals surface area contributed by atoms with Gasteiger partial charge in [-0.1, -0.05) is 0 Å². The molecule has 0 spiro atoms. The zero-order chi connectivity index (χ0) is 11.0. The molecule has 8 nitrogen and oxygen atoms in total. The van der Waals surface area contributed by atoms with Crippen LogP contribution in [0.5, 0.6) is 0 Å². The van der Waals surface area contributed by atoms with Gasteiger partial charge in [0.25, 0.3) is 0 Å². The van der Waals surface area contributed by atoms with Crippen molar-refractivity contribution in [2.75, 3.05) is 14.1 Å². The van der Waals surface area contributed by atoms with Crippen LogP contribution in [-0.4, -0.2) is 36.9 Å². The van der Waals surface area contributed by atoms with Gasteiger partial charge < -0.3 is 27.8 Å². The van der Waals surface area contributed by atoms with Crippen LogP contribution in [0.3, 0.4) is 0 Å². The number of rotatable bonds is 0. The monoisotopic (exact) mass is 188 g/mol. The molecule has 0 aliphatic heterocycles. The first-order valence-electron chi connectivity index (χ1n) is 3.22. The summed E-state index contributed by atoms with van der Waals surface area (Å²) >= 11 is 0. The number of aliphatic imine (C=N–C) groups is 1. The smallest absolute Gasteiger partial charge is 0.215 e. The fraction of sp³-hybridized carbons (Fsp3) is 0.400. The molecule has 0 aromatic carbocycles. The second-order valence-corrected chi connectivity index (χ2v) is 2.21. The maximum absolute atomic E-state index is 6.70. The van der Waals surface area contributed by atoms with Gasteiger partial charge in [0.05, 0.1) is 0 Å². The van der Waals surface area contributed by atoms with Crippen molar-refractivity contribution in [1.29, 1.82) is 10.8 Å². The zero-order valence-electron chi connectivity index (χ0n) is 7.70. The molecule has 0 aromatic rings. The molecule has 0 atom stereocenters. The van der Waals surface area contributed by atoms with Gasteiger partial charge in [-0.3, -0.25) is 10.8 Å². The number of guanidine groups is 3. The van der Waals surface area contributed by atoms with E-state index in [1.807, 2.05) is 0 Å². The van der Waals surface area contributed by atoms with Gasteiger partial charge in [-0.05, 0) is 0 Å². The summed E-state index contributed by atoms with van der Waals surface area (Å²) in [5.41, 5.74) is 19.1. The van der Waals surface area contributed by atoms with Gasteiger partial charge in [-0.25, -0.2) is 0 Å². The molecular formula is C5H16N8. The van der Waals surface area contributed by atoms with E-state index in [9.17, 15) is 0 Å². The molecule has 0 rings (SSSR count). The Hall–Kier alpha value is -1.99. The van der Waals surface area contributed by atoms with Crippen molar-refractivity contribution in [3.8, 4) is 0 Å². The number of nitrogens with two attached hydrogens (primary N) is 4. The zero-order valence-corrected chi connectivity index (χ0v) is 7.70. The molecule has 0 heterocycles. The number of hydrogen-bond donors (Lipinski definition) is 6. The summed E-state index contributed by atoms with van der Waals surface area (Å²) in [6.07, 6.45) is 0. The summed E-state index contributed by atoms with van der Waals surface area (Å²) in [6, 6.07) is 0. The van der Waals surface area contributed by atoms with Gasteiger partial charge in [0.1, 0.15) is 0 Å². The molecule has 13 heavy (non-hydrogen) atoms. The minimum atomic E-state index is -0.333. The largest absolute Gasteiger partial charge is 0.370 e. The van der Waals surface area contributed by atoms with Crippen molar-refractivity contribution < 1.29 is 0 Å². The van der Waals surface area contributed by atoms with Crippen LogP contribution in [0.1, 0.15) is 0 Å². The van der Waals surface area contributed by atoms with Crippen molar-refractivity contribution >= 4 is 17.9 Å². The van der Waals surface area contributed by atoms with Crippen LogP contribution in [0.2, 0.25) is 0 Å². The molecule has 0 aliphatic rings. The average Bonchev–Trinajstić information content (AvgIpc) is 1.83. The highest BCUT2D eigenvalue weighted by Gasteiger charge is 1.92. The van der Waals surface area contributed by atoms with E-state index in [-0.39, 0.29) is 17.9 Å². The Morgan fingerprint density at radius 3 is 1.46 bits per heavy atom. The summed E-state index contributed by atoms with van der Waals surface area (Å²) in [7, 11) is 3.45. The number of nitrogens with zero attached hydrogens (tertiary/aromatic N) is 2. The Balaban J connectivity index is 0. The van der Waals surface area contributed by atoms with Gasteiger partial charge >= 0.3 is 0 Å². The summed E-state index contributed by atoms with van der Waals surface area (Å²) in [4.78, 5) is 5.03. The van der Waals surface area contributed by atoms with Crippen molar-refractivity contribution in [1.82, 2.24) is 4.90 Å². The lowest BCUT2D eigenvalue weighted by molar-refractivity contribution is 0.615. The van der Waals surface area contributed by atoms with Crippen LogP contribution in [0, 0.1) is 10.8 Å². The third-order valence-electron chi connectivity index (χ3n) is 0.693. The second kappa shape index (κ2) is 6.70. The average molecular weight is 188 g/mol. The molecule has 0 aromatic heterocycles. The maximum atomic E-state index is 6.70. The second-order valence-electron chi connectivity index (χ2n) is 2.21. The Labute approximate surface area is 76.6 Å². The molecule has 10 N–H and O–H groups in total. The molecular weight excluding hydrogens is 172 g/mol. The molecule has 0 saturated carbocycles. The molecule has 76 valence electrons. The minimum Gasteiger partial charge on any atom is -0.370 e. The van der Waals surface area contributed by atoms with E-state index in [0.29, 0.717) is 0 Å². The van der Waals surface area contributed by atoms with Crippen LogP contribution in [0.25, 0.3) is 0 Å². The Kier molecular flexibility index (Phi) is 7.01. The van der Waals surface area contributed by atoms with Gasteiger partial charge in [0.15, 0.2) is 11.9 Å². The van der Waals surface area contributed by atoms with E-state index >= 15 is 0 Å². The highest BCUT2D eigenvalue weighted by Crippen LogP contribution is 1.73. The predicted molar refractivity (Wildman–Crippen MR) is 53.3 cm³/mol. The first-order chi connectivity index (χ1) is 5.77. The summed E-state index contributed by atoms with van der Waals surface area (Å²) in [5, 5.41) is 12.8. The van der Waals surface area contributed by atoms with Gasteiger partial charge in [-0.2, -0.15) is 4.99 Å². The number of nitrogens with one attached hydrogen (secondary N) is 2. The fourth-order valence-electron chi connectivity index (χ4n) is 0.223. The van der Waals surface area contributed by atoms with E-state index in [4.69, 9.17) is 22.3 Å². The van der Waals surface area contributed by atoms with E-state index < -0.39 is 0 Å². The molecule has 0 saturated heterocycles. The Morgan fingerprint density at radius 2 is 1.38 bits per heavy atom. The lowest BCUT2D eigenvalue weighted by Crippen LogP contribution is -2.32. The summed E-state index contributed by atoms with van der Waals surface area (Å²) in [5.74, 6) is -0.372. The van der Waals surface area contributed by atoms with Crippen LogP contribution < -0.4 is 22.9 Å². The standard InChI is InChI=1S/C4H11N5.CH5N3/c1-9(2)4(7)8-3(5)6;2-1(3)4/h1-2H3,(H5,5,6,7,8);(H5,2,3,4). The maximum Gasteiger partial charge on any atom is 0.215 e. The summed E-state index contributed by atoms with van der Waals surface area (Å²) in [6.45, 7) is 0. The van der Waals surface area contributed by atoms with Crippen LogP contribution in [0.4, 0.5) is 0 Å². The highest BCUT2D eigenvalue weighted by molar-refractivity contribution is 5.91. The SMILES string of the molecule is CN(C)C(N)=NC(=N)N.N=C(N)N. The van der Waals surface area contributed by atoms with Crippen LogP contribution >= 0.6 is 0 Å². The Morgan fingerprint density at radius 1 is 1.08 bits per heavy atom. The molecule has 0 bridgehead atoms. The van der Waals surface area contributed by atoms with E-state index in [0.717, 1.165) is 0 Å². The molecule has 0 unspecified atom stereocenters. The number of hydrogen-bond acceptors (Lipinski definition) is 2. The fourth-order valence-corrected chi connectivity index (χ4v) is 0.223. The van der Waals surface area contributed by atoms with E-state index in [1.54, 1.807) is 19.0 Å². The quantitative estimate of drug-likeness (QED) is 0.183. The Bertz CT molecular complexity index is 201. The minimum absolute atomic E-state index is 0.238. The third-order valence-corrected chi connectivity index (χ3v) is 0.693.